The van der Waals surface area contributed by atoms with Gasteiger partial charge in [-0.15, -0.1) is 11.3 Å². The molecule has 1 heterocycles. The van der Waals surface area contributed by atoms with E-state index in [-0.39, 0.29) is 18.1 Å². The fourth-order valence-electron chi connectivity index (χ4n) is 1.85. The van der Waals surface area contributed by atoms with Gasteiger partial charge in [-0.1, -0.05) is 6.92 Å². The van der Waals surface area contributed by atoms with E-state index >= 15 is 0 Å². The number of thiophene rings is 1. The third kappa shape index (κ3) is 4.13. The molecule has 1 aromatic rings. The molecule has 0 aromatic carbocycles. The summed E-state index contributed by atoms with van der Waals surface area (Å²) in [6, 6.07) is 1.96. The van der Waals surface area contributed by atoms with Crippen LogP contribution in [-0.4, -0.2) is 23.2 Å². The number of aryl methyl sites for hydroxylation is 2. The first-order chi connectivity index (χ1) is 7.93. The van der Waals surface area contributed by atoms with Crippen molar-refractivity contribution in [3.8, 4) is 0 Å². The maximum absolute atomic E-state index is 11.9. The third-order valence-corrected chi connectivity index (χ3v) is 3.79. The molecule has 0 aliphatic rings. The number of amides is 1. The number of carbonyl (C=O) groups is 1. The number of rotatable bonds is 5. The lowest BCUT2D eigenvalue weighted by atomic mass is 10.1. The van der Waals surface area contributed by atoms with Gasteiger partial charge < -0.3 is 10.4 Å². The van der Waals surface area contributed by atoms with Gasteiger partial charge in [0.25, 0.3) is 5.91 Å². The minimum atomic E-state index is -0.387. The molecule has 0 aliphatic heterocycles. The maximum Gasteiger partial charge on any atom is 0.261 e. The Balaban J connectivity index is 2.63. The van der Waals surface area contributed by atoms with Crippen LogP contribution in [0.5, 0.6) is 0 Å². The normalized spacial score (nSPS) is 14.4. The van der Waals surface area contributed by atoms with E-state index < -0.39 is 0 Å². The van der Waals surface area contributed by atoms with Crippen molar-refractivity contribution in [2.45, 2.75) is 52.7 Å². The van der Waals surface area contributed by atoms with Crippen LogP contribution in [0.15, 0.2) is 6.07 Å². The van der Waals surface area contributed by atoms with Crippen molar-refractivity contribution in [1.29, 1.82) is 0 Å². The SMILES string of the molecule is CCc1cc(C(=O)NC(C)CC(C)O)sc1C. The summed E-state index contributed by atoms with van der Waals surface area (Å²) in [6.07, 6.45) is 1.15. The highest BCUT2D eigenvalue weighted by Crippen LogP contribution is 2.22. The topological polar surface area (TPSA) is 49.3 Å². The quantitative estimate of drug-likeness (QED) is 0.849. The molecule has 1 aromatic heterocycles. The van der Waals surface area contributed by atoms with Gasteiger partial charge >= 0.3 is 0 Å². The van der Waals surface area contributed by atoms with Gasteiger partial charge in [-0.25, -0.2) is 0 Å². The highest BCUT2D eigenvalue weighted by Gasteiger charge is 2.14. The lowest BCUT2D eigenvalue weighted by molar-refractivity contribution is 0.0927. The molecule has 1 rings (SSSR count). The fraction of sp³-hybridized carbons (Fsp3) is 0.615. The molecule has 0 aliphatic carbocycles. The van der Waals surface area contributed by atoms with Crippen LogP contribution in [0, 0.1) is 6.92 Å². The van der Waals surface area contributed by atoms with E-state index in [1.807, 2.05) is 19.9 Å². The molecule has 1 amide bonds. The predicted molar refractivity (Wildman–Crippen MR) is 71.7 cm³/mol. The van der Waals surface area contributed by atoms with Crippen LogP contribution in [-0.2, 0) is 6.42 Å². The Morgan fingerprint density at radius 1 is 1.53 bits per heavy atom. The van der Waals surface area contributed by atoms with Crippen LogP contribution in [0.25, 0.3) is 0 Å². The van der Waals surface area contributed by atoms with Crippen molar-refractivity contribution in [1.82, 2.24) is 5.32 Å². The van der Waals surface area contributed by atoms with E-state index in [0.29, 0.717) is 6.42 Å². The Hall–Kier alpha value is -0.870. The lowest BCUT2D eigenvalue weighted by Crippen LogP contribution is -2.34. The zero-order valence-corrected chi connectivity index (χ0v) is 11.7. The van der Waals surface area contributed by atoms with Crippen molar-refractivity contribution >= 4 is 17.2 Å². The molecular formula is C13H21NO2S. The first-order valence-electron chi connectivity index (χ1n) is 6.02. The number of aliphatic hydroxyl groups is 1. The summed E-state index contributed by atoms with van der Waals surface area (Å²) in [5.41, 5.74) is 1.24. The lowest BCUT2D eigenvalue weighted by Gasteiger charge is -2.14. The first-order valence-corrected chi connectivity index (χ1v) is 6.83. The second kappa shape index (κ2) is 6.17. The second-order valence-electron chi connectivity index (χ2n) is 4.50. The van der Waals surface area contributed by atoms with Gasteiger partial charge in [-0.3, -0.25) is 4.79 Å². The summed E-state index contributed by atoms with van der Waals surface area (Å²) in [4.78, 5) is 13.9. The summed E-state index contributed by atoms with van der Waals surface area (Å²) in [7, 11) is 0. The summed E-state index contributed by atoms with van der Waals surface area (Å²) in [5, 5.41) is 12.1. The van der Waals surface area contributed by atoms with Gasteiger partial charge in [0, 0.05) is 10.9 Å². The molecule has 96 valence electrons. The molecule has 0 bridgehead atoms. The number of hydrogen-bond donors (Lipinski definition) is 2. The van der Waals surface area contributed by atoms with E-state index in [4.69, 9.17) is 0 Å². The van der Waals surface area contributed by atoms with E-state index in [2.05, 4.69) is 12.2 Å². The van der Waals surface area contributed by atoms with Gasteiger partial charge in [0.1, 0.15) is 0 Å². The summed E-state index contributed by atoms with van der Waals surface area (Å²) >= 11 is 1.53. The second-order valence-corrected chi connectivity index (χ2v) is 5.76. The van der Waals surface area contributed by atoms with Crippen LogP contribution < -0.4 is 5.32 Å². The van der Waals surface area contributed by atoms with Crippen molar-refractivity contribution in [2.75, 3.05) is 0 Å². The standard InChI is InChI=1S/C13H21NO2S/c1-5-11-7-12(17-10(11)4)13(16)14-8(2)6-9(3)15/h7-9,15H,5-6H2,1-4H3,(H,14,16). The molecule has 3 nitrogen and oxygen atoms in total. The van der Waals surface area contributed by atoms with E-state index in [1.165, 1.54) is 21.8 Å². The van der Waals surface area contributed by atoms with Crippen molar-refractivity contribution in [2.24, 2.45) is 0 Å². The largest absolute Gasteiger partial charge is 0.393 e. The van der Waals surface area contributed by atoms with Gasteiger partial charge in [0.05, 0.1) is 11.0 Å². The Morgan fingerprint density at radius 3 is 2.65 bits per heavy atom. The van der Waals surface area contributed by atoms with Gasteiger partial charge in [0.2, 0.25) is 0 Å². The van der Waals surface area contributed by atoms with Crippen molar-refractivity contribution in [3.05, 3.63) is 21.4 Å². The number of aliphatic hydroxyl groups excluding tert-OH is 1. The molecule has 0 spiro atoms. The van der Waals surface area contributed by atoms with E-state index in [0.717, 1.165) is 11.3 Å². The molecule has 2 atom stereocenters. The van der Waals surface area contributed by atoms with Crippen molar-refractivity contribution < 1.29 is 9.90 Å². The minimum Gasteiger partial charge on any atom is -0.393 e. The molecular weight excluding hydrogens is 234 g/mol. The Kier molecular flexibility index (Phi) is 5.15. The maximum atomic E-state index is 11.9. The Labute approximate surface area is 107 Å². The summed E-state index contributed by atoms with van der Waals surface area (Å²) < 4.78 is 0. The van der Waals surface area contributed by atoms with E-state index in [1.54, 1.807) is 6.92 Å². The average Bonchev–Trinajstić information content (AvgIpc) is 2.58. The molecule has 0 saturated carbocycles. The van der Waals surface area contributed by atoms with Crippen LogP contribution in [0.3, 0.4) is 0 Å². The molecule has 0 fully saturated rings. The summed E-state index contributed by atoms with van der Waals surface area (Å²) in [5.74, 6) is -0.0362. The predicted octanol–water partition coefficient (Wildman–Crippen LogP) is 2.51. The number of nitrogens with one attached hydrogen (secondary N) is 1. The fourth-order valence-corrected chi connectivity index (χ4v) is 2.87. The monoisotopic (exact) mass is 255 g/mol. The third-order valence-electron chi connectivity index (χ3n) is 2.70. The van der Waals surface area contributed by atoms with Gasteiger partial charge in [-0.2, -0.15) is 0 Å². The van der Waals surface area contributed by atoms with Crippen molar-refractivity contribution in [3.63, 3.8) is 0 Å². The highest BCUT2D eigenvalue weighted by molar-refractivity contribution is 7.14. The van der Waals surface area contributed by atoms with Crippen LogP contribution in [0.4, 0.5) is 0 Å². The molecule has 2 N–H and O–H groups in total. The molecule has 0 radical (unpaired) electrons. The molecule has 17 heavy (non-hydrogen) atoms. The zero-order valence-electron chi connectivity index (χ0n) is 10.9. The van der Waals surface area contributed by atoms with Gasteiger partial charge in [-0.05, 0) is 45.2 Å². The molecule has 2 unspecified atom stereocenters. The van der Waals surface area contributed by atoms with Crippen LogP contribution in [0.1, 0.15) is 47.3 Å². The molecule has 0 saturated heterocycles. The Bertz CT molecular complexity index is 385. The molecule has 4 heteroatoms. The number of carbonyl (C=O) groups excluding carboxylic acids is 1. The first kappa shape index (κ1) is 14.2. The minimum absolute atomic E-state index is 0.00465. The van der Waals surface area contributed by atoms with Crippen LogP contribution >= 0.6 is 11.3 Å². The van der Waals surface area contributed by atoms with Crippen LogP contribution in [0.2, 0.25) is 0 Å². The smallest absolute Gasteiger partial charge is 0.261 e. The Morgan fingerprint density at radius 2 is 2.18 bits per heavy atom. The number of hydrogen-bond acceptors (Lipinski definition) is 3. The zero-order chi connectivity index (χ0) is 13.0. The van der Waals surface area contributed by atoms with Gasteiger partial charge in [0.15, 0.2) is 0 Å². The average molecular weight is 255 g/mol. The van der Waals surface area contributed by atoms with E-state index in [9.17, 15) is 9.90 Å². The summed E-state index contributed by atoms with van der Waals surface area (Å²) in [6.45, 7) is 7.77. The highest BCUT2D eigenvalue weighted by atomic mass is 32.1.